The second-order valence-electron chi connectivity index (χ2n) is 33.5. The van der Waals surface area contributed by atoms with Gasteiger partial charge in [0, 0.05) is 179 Å². The van der Waals surface area contributed by atoms with Crippen LogP contribution in [0.3, 0.4) is 0 Å². The van der Waals surface area contributed by atoms with E-state index in [0.29, 0.717) is 92.0 Å². The summed E-state index contributed by atoms with van der Waals surface area (Å²) in [6, 6.07) is 36.3. The number of nitrogens with zero attached hydrogens (tertiary/aromatic N) is 19. The lowest BCUT2D eigenvalue weighted by molar-refractivity contribution is -0.00876. The van der Waals surface area contributed by atoms with Gasteiger partial charge in [0.1, 0.15) is 65.2 Å². The Balaban J connectivity index is 0.000000131. The molecule has 33 heteroatoms. The van der Waals surface area contributed by atoms with Gasteiger partial charge in [0.2, 0.25) is 5.88 Å². The molecule has 30 nitrogen and oxygen atoms in total. The van der Waals surface area contributed by atoms with E-state index >= 15 is 0 Å². The number of aromatic nitrogens is 12. The molecule has 6 saturated heterocycles. The van der Waals surface area contributed by atoms with E-state index in [1.807, 2.05) is 93.4 Å². The van der Waals surface area contributed by atoms with Gasteiger partial charge < -0.3 is 51.0 Å². The van der Waals surface area contributed by atoms with Gasteiger partial charge in [0.25, 0.3) is 11.8 Å². The number of carbonyl (C=O) groups is 2. The van der Waals surface area contributed by atoms with Crippen LogP contribution >= 0.6 is 23.2 Å². The van der Waals surface area contributed by atoms with E-state index in [9.17, 15) is 29.6 Å². The Hall–Kier alpha value is -12.9. The molecule has 2 aliphatic carbocycles. The van der Waals surface area contributed by atoms with Crippen LogP contribution in [-0.2, 0) is 16.3 Å². The van der Waals surface area contributed by atoms with E-state index in [1.165, 1.54) is 12.0 Å². The number of ether oxygens (including phenoxy) is 3. The Morgan fingerprint density at radius 3 is 1.48 bits per heavy atom. The molecule has 18 heterocycles. The molecule has 626 valence electrons. The standard InChI is InChI=1S/C31H34N8O3S.C30H27ClN8O.C29H29ClN8O2/c1-41-30-5-2-22(13-35-30)16-38-25-10-26(38)18-37(17-25)29-4-3-23(14-34-29)28-11-27(19-39-31(28)24(12-32)15-36-39)42-20-21-6-8-43(33,40)9-7-21;1-29(37-28(40)26-24(31)3-2-12-34-26)10-13-38(14-11-29)25-5-4-21(17-35-25)23-15-20(6-7-30(33)8-9-30)19-39-27(23)22(16-32)18-36-39;1-28(36-27(39)25-23(30)3-2-10-33-25)8-11-37(12-9-28)24-5-4-19(15-34-24)22-13-21(40-18-29(32)6-7-29)17-38-26(22)20(14-31)16-35-38/h2-5,11,13-15,19,21,25-26,33H,6-10,16-18,20H2,1H3;2-5,12,15,17-19H,8-11,13-14,33H2,1H3,(H,37,40);2-5,10,13,15-17H,6-9,11-12,18,32H2,1H3,(H,36,39). The third-order valence-electron chi connectivity index (χ3n) is 24.4. The number of carbonyl (C=O) groups excluding carboxylic acids is 2. The van der Waals surface area contributed by atoms with Gasteiger partial charge in [-0.25, -0.2) is 47.7 Å². The number of nitrogens with two attached hydrogens (primary N) is 2. The lowest BCUT2D eigenvalue weighted by atomic mass is 9.87. The maximum atomic E-state index is 12.8. The number of anilines is 3. The average molecular weight is 1710 g/mol. The zero-order valence-electron chi connectivity index (χ0n) is 68.1. The van der Waals surface area contributed by atoms with E-state index in [1.54, 1.807) is 88.3 Å². The number of methoxy groups -OCH3 is 1. The van der Waals surface area contributed by atoms with Crippen molar-refractivity contribution < 1.29 is 28.0 Å². The fourth-order valence-corrected chi connectivity index (χ4v) is 18.5. The van der Waals surface area contributed by atoms with Gasteiger partial charge >= 0.3 is 0 Å². The third-order valence-corrected chi connectivity index (χ3v) is 26.8. The highest BCUT2D eigenvalue weighted by molar-refractivity contribution is 7.92. The molecule has 2 saturated carbocycles. The molecule has 8 fully saturated rings. The van der Waals surface area contributed by atoms with Crippen molar-refractivity contribution in [3.05, 3.63) is 215 Å². The molecule has 0 spiro atoms. The number of hydrogen-bond donors (Lipinski definition) is 5. The first-order valence-corrected chi connectivity index (χ1v) is 43.7. The average Bonchev–Trinajstić information content (AvgIpc) is 1.75. The van der Waals surface area contributed by atoms with E-state index in [0.717, 1.165) is 172 Å². The Kier molecular flexibility index (Phi) is 22.9. The van der Waals surface area contributed by atoms with Crippen LogP contribution < -0.4 is 51.0 Å². The van der Waals surface area contributed by atoms with Crippen molar-refractivity contribution in [1.29, 1.82) is 20.6 Å². The normalized spacial score (nSPS) is 20.0. The van der Waals surface area contributed by atoms with Gasteiger partial charge in [-0.2, -0.15) is 31.1 Å². The van der Waals surface area contributed by atoms with E-state index in [2.05, 4.69) is 109 Å². The first-order chi connectivity index (χ1) is 59.4. The van der Waals surface area contributed by atoms with Crippen molar-refractivity contribution in [2.75, 3.05) is 85.8 Å². The molecule has 7 N–H and O–H groups in total. The zero-order chi connectivity index (χ0) is 85.4. The van der Waals surface area contributed by atoms with Gasteiger partial charge in [-0.1, -0.05) is 41.1 Å². The molecule has 123 heavy (non-hydrogen) atoms. The zero-order valence-corrected chi connectivity index (χ0v) is 70.5. The number of piperazine rings is 1. The highest BCUT2D eigenvalue weighted by Gasteiger charge is 2.45. The second kappa shape index (κ2) is 34.2. The van der Waals surface area contributed by atoms with E-state index < -0.39 is 9.73 Å². The van der Waals surface area contributed by atoms with Crippen molar-refractivity contribution in [2.45, 2.75) is 125 Å². The molecule has 0 radical (unpaired) electrons. The predicted octanol–water partition coefficient (Wildman–Crippen LogP) is 11.9. The summed E-state index contributed by atoms with van der Waals surface area (Å²) in [7, 11) is -0.790. The molecule has 6 aliphatic heterocycles. The van der Waals surface area contributed by atoms with E-state index in [4.69, 9.17) is 68.6 Å². The third kappa shape index (κ3) is 18.4. The number of nitriles is 3. The Morgan fingerprint density at radius 2 is 1.05 bits per heavy atom. The molecule has 2 bridgehead atoms. The maximum Gasteiger partial charge on any atom is 0.271 e. The van der Waals surface area contributed by atoms with Crippen molar-refractivity contribution in [3.8, 4) is 80.8 Å². The minimum absolute atomic E-state index is 0.237. The fraction of sp³-hybridized carbons (Fsp3) is 0.356. The summed E-state index contributed by atoms with van der Waals surface area (Å²) >= 11 is 12.3. The van der Waals surface area contributed by atoms with Crippen LogP contribution in [0, 0.1) is 56.5 Å². The molecule has 2 atom stereocenters. The van der Waals surface area contributed by atoms with Crippen LogP contribution in [0.4, 0.5) is 17.5 Å². The number of amides is 2. The largest absolute Gasteiger partial charge is 0.492 e. The minimum Gasteiger partial charge on any atom is -0.492 e. The number of halogens is 2. The highest BCUT2D eigenvalue weighted by atomic mass is 35.5. The molecule has 2 unspecified atom stereocenters. The first-order valence-electron chi connectivity index (χ1n) is 41.0. The number of fused-ring (bicyclic) bond motifs is 5. The smallest absolute Gasteiger partial charge is 0.271 e. The number of nitrogens with one attached hydrogen (secondary N) is 3. The number of hydrogen-bond acceptors (Lipinski definition) is 25. The molecule has 0 aromatic carbocycles. The van der Waals surface area contributed by atoms with Crippen molar-refractivity contribution in [2.24, 2.45) is 17.4 Å². The monoisotopic (exact) mass is 1700 g/mol. The summed E-state index contributed by atoms with van der Waals surface area (Å²) < 4.78 is 42.3. The van der Waals surface area contributed by atoms with Gasteiger partial charge in [-0.05, 0) is 175 Å². The summed E-state index contributed by atoms with van der Waals surface area (Å²) in [5, 5.41) is 49.1. The maximum absolute atomic E-state index is 12.8. The molecular formula is C90H90Cl2N24O6S. The van der Waals surface area contributed by atoms with Crippen LogP contribution in [0.25, 0.3) is 49.9 Å². The minimum atomic E-state index is -2.42. The SMILES string of the molecule is CC1(NC(=O)c2ncccc2Cl)CCN(c2ccc(-c3cc(C#CC4(N)CC4)cn4ncc(C#N)c34)cn2)CC1.CC1(NC(=O)c2ncccc2Cl)CCN(c2ccc(-c3cc(OCC4(N)CC4)cn4ncc(C#N)c34)cn2)CC1.COc1ccc(CN2C3CC2CN(c2ccc(-c4cc(OCC5CCS(=N)(=O)CC5)cn5ncc(C#N)c45)cn2)C3)cn1. The summed E-state index contributed by atoms with van der Waals surface area (Å²) in [5.41, 5.74) is 22.1. The van der Waals surface area contributed by atoms with Gasteiger partial charge in [0.15, 0.2) is 0 Å². The van der Waals surface area contributed by atoms with Crippen LogP contribution in [0.15, 0.2) is 165 Å². The fourth-order valence-electron chi connectivity index (χ4n) is 16.4. The first kappa shape index (κ1) is 82.5. The molecule has 12 aromatic heterocycles. The van der Waals surface area contributed by atoms with Crippen molar-refractivity contribution in [3.63, 3.8) is 0 Å². The van der Waals surface area contributed by atoms with Crippen LogP contribution in [0.2, 0.25) is 10.0 Å². The lowest BCUT2D eigenvalue weighted by Gasteiger charge is -2.56. The quantitative estimate of drug-likeness (QED) is 0.0469. The Bertz CT molecular complexity index is 6300. The number of rotatable bonds is 19. The van der Waals surface area contributed by atoms with Gasteiger partial charge in [-0.15, -0.1) is 0 Å². The van der Waals surface area contributed by atoms with Crippen molar-refractivity contribution in [1.82, 2.24) is 74.3 Å². The lowest BCUT2D eigenvalue weighted by Crippen LogP contribution is -2.68. The number of piperidine rings is 3. The van der Waals surface area contributed by atoms with E-state index in [-0.39, 0.29) is 51.3 Å². The molecule has 20 rings (SSSR count). The predicted molar refractivity (Wildman–Crippen MR) is 467 cm³/mol. The summed E-state index contributed by atoms with van der Waals surface area (Å²) in [5.74, 6) is 11.5. The molecule has 12 aromatic rings. The summed E-state index contributed by atoms with van der Waals surface area (Å²) in [6.45, 7) is 10.7. The highest BCUT2D eigenvalue weighted by Crippen LogP contribution is 2.41. The summed E-state index contributed by atoms with van der Waals surface area (Å²) in [4.78, 5) is 61.8. The topological polar surface area (TPSA) is 392 Å². The van der Waals surface area contributed by atoms with Crippen LogP contribution in [0.1, 0.15) is 133 Å². The Morgan fingerprint density at radius 1 is 0.577 bits per heavy atom. The molecule has 8 aliphatic rings. The van der Waals surface area contributed by atoms with Crippen molar-refractivity contribution >= 4 is 78.7 Å². The van der Waals surface area contributed by atoms with Crippen LogP contribution in [0.5, 0.6) is 17.4 Å². The summed E-state index contributed by atoms with van der Waals surface area (Å²) in [6.07, 6.45) is 30.0. The van der Waals surface area contributed by atoms with Crippen LogP contribution in [-0.4, -0.2) is 185 Å². The second-order valence-corrected chi connectivity index (χ2v) is 36.7. The molecule has 2 amide bonds. The Labute approximate surface area is 721 Å². The van der Waals surface area contributed by atoms with Gasteiger partial charge in [-0.3, -0.25) is 19.3 Å². The molecular weight excluding hydrogens is 1620 g/mol. The van der Waals surface area contributed by atoms with Gasteiger partial charge in [0.05, 0.1) is 99.1 Å². The number of pyridine rings is 9.